The fraction of sp³-hybridized carbons (Fsp3) is 0.385. The highest BCUT2D eigenvalue weighted by molar-refractivity contribution is 8.00. The lowest BCUT2D eigenvalue weighted by atomic mass is 10.1. The molecule has 0 aliphatic heterocycles. The zero-order valence-corrected chi connectivity index (χ0v) is 11.3. The number of esters is 1. The van der Waals surface area contributed by atoms with E-state index in [4.69, 9.17) is 4.74 Å². The molecule has 1 aromatic carbocycles. The van der Waals surface area contributed by atoms with Gasteiger partial charge in [-0.1, -0.05) is 12.1 Å². The van der Waals surface area contributed by atoms with E-state index in [1.54, 1.807) is 18.2 Å². The summed E-state index contributed by atoms with van der Waals surface area (Å²) < 4.78 is 9.89. The Morgan fingerprint density at radius 2 is 1.94 bits per heavy atom. The zero-order chi connectivity index (χ0) is 13.4. The summed E-state index contributed by atoms with van der Waals surface area (Å²) in [6.07, 6.45) is 0. The molecule has 1 aromatic rings. The van der Waals surface area contributed by atoms with Crippen molar-refractivity contribution in [1.29, 1.82) is 0 Å². The van der Waals surface area contributed by atoms with Crippen molar-refractivity contribution in [3.63, 3.8) is 0 Å². The molecule has 4 nitrogen and oxygen atoms in total. The van der Waals surface area contributed by atoms with Gasteiger partial charge in [-0.05, 0) is 19.1 Å². The molecule has 0 heterocycles. The lowest BCUT2D eigenvalue weighted by molar-refractivity contribution is -0.137. The average Bonchev–Trinajstić information content (AvgIpc) is 2.39. The van der Waals surface area contributed by atoms with Gasteiger partial charge in [-0.15, -0.1) is 11.8 Å². The molecule has 0 amide bonds. The predicted molar refractivity (Wildman–Crippen MR) is 71.3 cm³/mol. The number of para-hydroxylation sites is 1. The number of hydrogen-bond acceptors (Lipinski definition) is 5. The maximum Gasteiger partial charge on any atom is 0.315 e. The molecule has 0 bridgehead atoms. The molecule has 98 valence electrons. The normalized spacial score (nSPS) is 9.89. The number of Topliss-reactive ketones (excluding diaryl/α,β-unsaturated/α-hetero) is 1. The molecule has 0 radical (unpaired) electrons. The molecule has 1 rings (SSSR count). The minimum absolute atomic E-state index is 0.0482. The number of benzene rings is 1. The van der Waals surface area contributed by atoms with E-state index in [9.17, 15) is 9.59 Å². The van der Waals surface area contributed by atoms with Gasteiger partial charge in [0.25, 0.3) is 0 Å². The van der Waals surface area contributed by atoms with Crippen molar-refractivity contribution >= 4 is 23.5 Å². The molecule has 0 atom stereocenters. The van der Waals surface area contributed by atoms with Crippen molar-refractivity contribution in [1.82, 2.24) is 0 Å². The summed E-state index contributed by atoms with van der Waals surface area (Å²) in [6, 6.07) is 7.11. The van der Waals surface area contributed by atoms with Crippen LogP contribution < -0.4 is 4.74 Å². The van der Waals surface area contributed by atoms with E-state index in [0.29, 0.717) is 17.9 Å². The molecule has 0 aliphatic carbocycles. The number of ether oxygens (including phenoxy) is 2. The number of hydrogen-bond donors (Lipinski definition) is 0. The summed E-state index contributed by atoms with van der Waals surface area (Å²) in [4.78, 5) is 22.9. The van der Waals surface area contributed by atoms with E-state index in [2.05, 4.69) is 4.74 Å². The number of carbonyl (C=O) groups excluding carboxylic acids is 2. The predicted octanol–water partition coefficient (Wildman–Crippen LogP) is 2.17. The molecule has 5 heteroatoms. The Labute approximate surface area is 111 Å². The summed E-state index contributed by atoms with van der Waals surface area (Å²) in [6.45, 7) is 2.38. The van der Waals surface area contributed by atoms with Gasteiger partial charge in [-0.2, -0.15) is 0 Å². The number of ketones is 1. The second-order valence-corrected chi connectivity index (χ2v) is 4.41. The van der Waals surface area contributed by atoms with Crippen LogP contribution in [0.15, 0.2) is 24.3 Å². The second kappa shape index (κ2) is 7.76. The van der Waals surface area contributed by atoms with Gasteiger partial charge in [0, 0.05) is 0 Å². The van der Waals surface area contributed by atoms with Crippen LogP contribution in [0.5, 0.6) is 5.75 Å². The fourth-order valence-electron chi connectivity index (χ4n) is 1.34. The molecule has 0 fully saturated rings. The van der Waals surface area contributed by atoms with Crippen LogP contribution in [-0.2, 0) is 9.53 Å². The monoisotopic (exact) mass is 268 g/mol. The average molecular weight is 268 g/mol. The molecule has 0 unspecified atom stereocenters. The lowest BCUT2D eigenvalue weighted by Crippen LogP contribution is -2.09. The molecule has 0 spiro atoms. The van der Waals surface area contributed by atoms with Gasteiger partial charge >= 0.3 is 5.97 Å². The van der Waals surface area contributed by atoms with E-state index in [0.717, 1.165) is 0 Å². The van der Waals surface area contributed by atoms with Crippen molar-refractivity contribution in [3.8, 4) is 5.75 Å². The first kappa shape index (κ1) is 14.6. The quantitative estimate of drug-likeness (QED) is 0.560. The van der Waals surface area contributed by atoms with E-state index in [-0.39, 0.29) is 23.3 Å². The Morgan fingerprint density at radius 3 is 2.61 bits per heavy atom. The molecular weight excluding hydrogens is 252 g/mol. The third-order valence-electron chi connectivity index (χ3n) is 2.17. The smallest absolute Gasteiger partial charge is 0.315 e. The highest BCUT2D eigenvalue weighted by Gasteiger charge is 2.12. The molecule has 0 aliphatic rings. The van der Waals surface area contributed by atoms with Gasteiger partial charge in [-0.3, -0.25) is 9.59 Å². The third-order valence-corrected chi connectivity index (χ3v) is 3.07. The topological polar surface area (TPSA) is 52.6 Å². The standard InChI is InChI=1S/C13H16O4S/c1-3-17-12-7-5-4-6-10(12)11(14)8-18-9-13(15)16-2/h4-7H,3,8-9H2,1-2H3. The van der Waals surface area contributed by atoms with Crippen LogP contribution in [0.2, 0.25) is 0 Å². The van der Waals surface area contributed by atoms with Crippen LogP contribution in [-0.4, -0.2) is 37.0 Å². The molecular formula is C13H16O4S. The Balaban J connectivity index is 2.58. The summed E-state index contributed by atoms with van der Waals surface area (Å²) in [5.41, 5.74) is 0.553. The maximum absolute atomic E-state index is 12.0. The molecule has 18 heavy (non-hydrogen) atoms. The Morgan fingerprint density at radius 1 is 1.22 bits per heavy atom. The maximum atomic E-state index is 12.0. The first-order valence-corrected chi connectivity index (χ1v) is 6.74. The number of rotatable bonds is 7. The van der Waals surface area contributed by atoms with Crippen molar-refractivity contribution in [2.75, 3.05) is 25.2 Å². The minimum Gasteiger partial charge on any atom is -0.493 e. The first-order valence-electron chi connectivity index (χ1n) is 5.58. The van der Waals surface area contributed by atoms with Crippen LogP contribution in [0.3, 0.4) is 0 Å². The second-order valence-electron chi connectivity index (χ2n) is 3.42. The van der Waals surface area contributed by atoms with Crippen LogP contribution in [0.4, 0.5) is 0 Å². The zero-order valence-electron chi connectivity index (χ0n) is 10.5. The van der Waals surface area contributed by atoms with Crippen molar-refractivity contribution in [2.24, 2.45) is 0 Å². The van der Waals surface area contributed by atoms with Crippen molar-refractivity contribution in [3.05, 3.63) is 29.8 Å². The van der Waals surface area contributed by atoms with Crippen molar-refractivity contribution < 1.29 is 19.1 Å². The number of methoxy groups -OCH3 is 1. The van der Waals surface area contributed by atoms with Gasteiger partial charge in [0.2, 0.25) is 0 Å². The summed E-state index contributed by atoms with van der Waals surface area (Å²) >= 11 is 1.24. The van der Waals surface area contributed by atoms with Crippen molar-refractivity contribution in [2.45, 2.75) is 6.92 Å². The highest BCUT2D eigenvalue weighted by atomic mass is 32.2. The summed E-state index contributed by atoms with van der Waals surface area (Å²) in [7, 11) is 1.33. The Kier molecular flexibility index (Phi) is 6.28. The number of thioether (sulfide) groups is 1. The minimum atomic E-state index is -0.328. The Hall–Kier alpha value is -1.49. The van der Waals surface area contributed by atoms with E-state index >= 15 is 0 Å². The molecule has 0 aromatic heterocycles. The SMILES string of the molecule is CCOc1ccccc1C(=O)CSCC(=O)OC. The largest absolute Gasteiger partial charge is 0.493 e. The summed E-state index contributed by atoms with van der Waals surface area (Å²) in [5, 5.41) is 0. The third kappa shape index (κ3) is 4.41. The lowest BCUT2D eigenvalue weighted by Gasteiger charge is -2.08. The number of carbonyl (C=O) groups is 2. The van der Waals surface area contributed by atoms with Crippen LogP contribution in [0.1, 0.15) is 17.3 Å². The highest BCUT2D eigenvalue weighted by Crippen LogP contribution is 2.20. The summed E-state index contributed by atoms with van der Waals surface area (Å²) in [5.74, 6) is 0.626. The fourth-order valence-corrected chi connectivity index (χ4v) is 2.07. The van der Waals surface area contributed by atoms with Crippen LogP contribution in [0.25, 0.3) is 0 Å². The molecule has 0 saturated carbocycles. The van der Waals surface area contributed by atoms with Crippen LogP contribution in [0, 0.1) is 0 Å². The van der Waals surface area contributed by atoms with E-state index < -0.39 is 0 Å². The van der Waals surface area contributed by atoms with Gasteiger partial charge < -0.3 is 9.47 Å². The Bertz CT molecular complexity index is 417. The van der Waals surface area contributed by atoms with Gasteiger partial charge in [0.05, 0.1) is 30.8 Å². The van der Waals surface area contributed by atoms with Gasteiger partial charge in [-0.25, -0.2) is 0 Å². The van der Waals surface area contributed by atoms with Crippen LogP contribution >= 0.6 is 11.8 Å². The first-order chi connectivity index (χ1) is 8.69. The molecule has 0 N–H and O–H groups in total. The molecule has 0 saturated heterocycles. The van der Waals surface area contributed by atoms with Gasteiger partial charge in [0.15, 0.2) is 5.78 Å². The van der Waals surface area contributed by atoms with Gasteiger partial charge in [0.1, 0.15) is 5.75 Å². The van der Waals surface area contributed by atoms with E-state index in [1.165, 1.54) is 18.9 Å². The van der Waals surface area contributed by atoms with E-state index in [1.807, 2.05) is 13.0 Å².